The number of benzene rings is 2. The maximum absolute atomic E-state index is 10.6. The van der Waals surface area contributed by atoms with E-state index in [1.165, 1.54) is 5.56 Å². The first kappa shape index (κ1) is 17.3. The van der Waals surface area contributed by atoms with Crippen molar-refractivity contribution in [1.29, 1.82) is 0 Å². The van der Waals surface area contributed by atoms with Crippen LogP contribution in [0.25, 0.3) is 11.1 Å². The van der Waals surface area contributed by atoms with Gasteiger partial charge in [0.15, 0.2) is 11.5 Å². The van der Waals surface area contributed by atoms with Crippen molar-refractivity contribution in [2.75, 3.05) is 18.1 Å². The molecule has 5 nitrogen and oxygen atoms in total. The summed E-state index contributed by atoms with van der Waals surface area (Å²) >= 11 is 6.15. The Morgan fingerprint density at radius 3 is 2.89 bits per heavy atom. The van der Waals surface area contributed by atoms with Gasteiger partial charge in [-0.05, 0) is 54.7 Å². The fourth-order valence-corrected chi connectivity index (χ4v) is 4.32. The van der Waals surface area contributed by atoms with Crippen LogP contribution in [-0.2, 0) is 19.4 Å². The van der Waals surface area contributed by atoms with Gasteiger partial charge in [0.1, 0.15) is 18.8 Å². The van der Waals surface area contributed by atoms with Crippen molar-refractivity contribution in [2.45, 2.75) is 25.8 Å². The molecule has 0 fully saturated rings. The van der Waals surface area contributed by atoms with Crippen LogP contribution < -0.4 is 9.64 Å². The lowest BCUT2D eigenvalue weighted by Gasteiger charge is -2.23. The third kappa shape index (κ3) is 3.06. The van der Waals surface area contributed by atoms with Crippen LogP contribution in [0.5, 0.6) is 11.5 Å². The number of ether oxygens (including phenoxy) is 1. The average Bonchev–Trinajstić information content (AvgIpc) is 3.07. The molecule has 0 spiro atoms. The zero-order chi connectivity index (χ0) is 19.1. The van der Waals surface area contributed by atoms with Gasteiger partial charge in [0.2, 0.25) is 0 Å². The molecule has 2 aromatic carbocycles. The van der Waals surface area contributed by atoms with Crippen molar-refractivity contribution in [2.24, 2.45) is 0 Å². The SMILES string of the molecule is Oc1cc(-c2cccc(Cl)c2)cc2c1OCCN(c1ncnc3c1CCC3)C2. The number of nitrogens with zero attached hydrogens (tertiary/aromatic N) is 3. The van der Waals surface area contributed by atoms with E-state index in [9.17, 15) is 5.11 Å². The number of hydrogen-bond acceptors (Lipinski definition) is 5. The summed E-state index contributed by atoms with van der Waals surface area (Å²) in [4.78, 5) is 11.3. The predicted octanol–water partition coefficient (Wildman–Crippen LogP) is 4.39. The second-order valence-corrected chi connectivity index (χ2v) is 7.68. The number of aromatic hydroxyl groups is 1. The lowest BCUT2D eigenvalue weighted by Crippen LogP contribution is -2.27. The smallest absolute Gasteiger partial charge is 0.166 e. The van der Waals surface area contributed by atoms with Crippen molar-refractivity contribution in [3.05, 3.63) is 64.6 Å². The van der Waals surface area contributed by atoms with Crippen LogP contribution in [0.15, 0.2) is 42.7 Å². The number of fused-ring (bicyclic) bond motifs is 2. The Morgan fingerprint density at radius 1 is 1.07 bits per heavy atom. The maximum Gasteiger partial charge on any atom is 0.166 e. The fourth-order valence-electron chi connectivity index (χ4n) is 4.13. The molecule has 0 bridgehead atoms. The minimum Gasteiger partial charge on any atom is -0.504 e. The number of phenols is 1. The van der Waals surface area contributed by atoms with E-state index in [1.807, 2.05) is 24.3 Å². The van der Waals surface area contributed by atoms with E-state index < -0.39 is 0 Å². The number of rotatable bonds is 2. The Bertz CT molecular complexity index is 1050. The number of aryl methyl sites for hydroxylation is 1. The van der Waals surface area contributed by atoms with Gasteiger partial charge >= 0.3 is 0 Å². The first-order valence-corrected chi connectivity index (χ1v) is 9.89. The van der Waals surface area contributed by atoms with Gasteiger partial charge in [0.05, 0.1) is 6.54 Å². The second kappa shape index (κ2) is 6.99. The summed E-state index contributed by atoms with van der Waals surface area (Å²) in [7, 11) is 0. The minimum absolute atomic E-state index is 0.155. The van der Waals surface area contributed by atoms with Gasteiger partial charge in [0.25, 0.3) is 0 Å². The van der Waals surface area contributed by atoms with E-state index in [4.69, 9.17) is 16.3 Å². The molecule has 6 heteroatoms. The zero-order valence-electron chi connectivity index (χ0n) is 15.4. The Labute approximate surface area is 168 Å². The van der Waals surface area contributed by atoms with E-state index >= 15 is 0 Å². The highest BCUT2D eigenvalue weighted by Crippen LogP contribution is 2.39. The molecule has 0 saturated heterocycles. The van der Waals surface area contributed by atoms with Gasteiger partial charge < -0.3 is 14.7 Å². The Hall–Kier alpha value is -2.79. The molecule has 0 amide bonds. The summed E-state index contributed by atoms with van der Waals surface area (Å²) in [5.74, 6) is 1.70. The minimum atomic E-state index is 0.155. The second-order valence-electron chi connectivity index (χ2n) is 7.24. The molecule has 3 aromatic rings. The molecule has 1 aliphatic heterocycles. The van der Waals surface area contributed by atoms with Crippen molar-refractivity contribution in [1.82, 2.24) is 9.97 Å². The van der Waals surface area contributed by atoms with Gasteiger partial charge in [0, 0.05) is 28.4 Å². The Balaban J connectivity index is 1.55. The van der Waals surface area contributed by atoms with Crippen LogP contribution in [0.3, 0.4) is 0 Å². The van der Waals surface area contributed by atoms with E-state index in [0.29, 0.717) is 30.5 Å². The molecule has 1 N–H and O–H groups in total. The normalized spacial score (nSPS) is 15.5. The highest BCUT2D eigenvalue weighted by Gasteiger charge is 2.25. The quantitative estimate of drug-likeness (QED) is 0.699. The molecule has 2 aliphatic rings. The lowest BCUT2D eigenvalue weighted by molar-refractivity contribution is 0.311. The predicted molar refractivity (Wildman–Crippen MR) is 109 cm³/mol. The van der Waals surface area contributed by atoms with E-state index in [0.717, 1.165) is 47.5 Å². The van der Waals surface area contributed by atoms with Crippen molar-refractivity contribution in [3.63, 3.8) is 0 Å². The molecule has 0 unspecified atom stereocenters. The first-order valence-electron chi connectivity index (χ1n) is 9.51. The largest absolute Gasteiger partial charge is 0.504 e. The summed E-state index contributed by atoms with van der Waals surface area (Å²) in [6.07, 6.45) is 4.82. The average molecular weight is 394 g/mol. The number of anilines is 1. The van der Waals surface area contributed by atoms with Crippen LogP contribution in [0.2, 0.25) is 5.02 Å². The van der Waals surface area contributed by atoms with Crippen molar-refractivity contribution < 1.29 is 9.84 Å². The van der Waals surface area contributed by atoms with Crippen LogP contribution >= 0.6 is 11.6 Å². The molecular weight excluding hydrogens is 374 g/mol. The van der Waals surface area contributed by atoms with Crippen LogP contribution in [0.4, 0.5) is 5.82 Å². The molecule has 5 rings (SSSR count). The fraction of sp³-hybridized carbons (Fsp3) is 0.273. The highest BCUT2D eigenvalue weighted by atomic mass is 35.5. The van der Waals surface area contributed by atoms with Gasteiger partial charge in [-0.25, -0.2) is 9.97 Å². The van der Waals surface area contributed by atoms with E-state index in [2.05, 4.69) is 20.9 Å². The van der Waals surface area contributed by atoms with Gasteiger partial charge in [-0.1, -0.05) is 23.7 Å². The summed E-state index contributed by atoms with van der Waals surface area (Å²) in [5, 5.41) is 11.3. The molecule has 2 heterocycles. The van der Waals surface area contributed by atoms with E-state index in [1.54, 1.807) is 12.4 Å². The zero-order valence-corrected chi connectivity index (χ0v) is 16.1. The summed E-state index contributed by atoms with van der Waals surface area (Å²) in [5.41, 5.74) is 5.23. The van der Waals surface area contributed by atoms with Gasteiger partial charge in [-0.15, -0.1) is 0 Å². The van der Waals surface area contributed by atoms with Crippen LogP contribution in [0.1, 0.15) is 23.2 Å². The topological polar surface area (TPSA) is 58.5 Å². The molecule has 142 valence electrons. The number of phenolic OH excluding ortho intramolecular Hbond substituents is 1. The van der Waals surface area contributed by atoms with Crippen LogP contribution in [-0.4, -0.2) is 28.2 Å². The van der Waals surface area contributed by atoms with Gasteiger partial charge in [-0.3, -0.25) is 0 Å². The first-order chi connectivity index (χ1) is 13.7. The van der Waals surface area contributed by atoms with Gasteiger partial charge in [-0.2, -0.15) is 0 Å². The highest BCUT2D eigenvalue weighted by molar-refractivity contribution is 6.30. The Morgan fingerprint density at radius 2 is 2.00 bits per heavy atom. The standard InChI is InChI=1S/C22H20ClN3O2/c23-17-4-1-3-14(10-17)15-9-16-12-26(7-8-28-21(16)20(27)11-15)22-18-5-2-6-19(18)24-13-25-22/h1,3-4,9-11,13,27H,2,5-8,12H2. The third-order valence-electron chi connectivity index (χ3n) is 5.42. The molecule has 0 saturated carbocycles. The number of hydrogen-bond donors (Lipinski definition) is 1. The molecule has 28 heavy (non-hydrogen) atoms. The van der Waals surface area contributed by atoms with E-state index in [-0.39, 0.29) is 5.75 Å². The lowest BCUT2D eigenvalue weighted by atomic mass is 10.0. The Kier molecular flexibility index (Phi) is 4.32. The molecule has 1 aromatic heterocycles. The summed E-state index contributed by atoms with van der Waals surface area (Å²) < 4.78 is 5.90. The summed E-state index contributed by atoms with van der Waals surface area (Å²) in [6, 6.07) is 11.4. The third-order valence-corrected chi connectivity index (χ3v) is 5.66. The number of aromatic nitrogens is 2. The van der Waals surface area contributed by atoms with Crippen LogP contribution in [0, 0.1) is 0 Å². The molecular formula is C22H20ClN3O2. The van der Waals surface area contributed by atoms with Crippen molar-refractivity contribution >= 4 is 17.4 Å². The molecule has 0 atom stereocenters. The van der Waals surface area contributed by atoms with Crippen molar-refractivity contribution in [3.8, 4) is 22.6 Å². The number of halogens is 1. The maximum atomic E-state index is 10.6. The molecule has 1 aliphatic carbocycles. The molecule has 0 radical (unpaired) electrons. The monoisotopic (exact) mass is 393 g/mol. The summed E-state index contributed by atoms with van der Waals surface area (Å²) in [6.45, 7) is 1.83.